The maximum atomic E-state index is 4.38. The molecule has 2 aromatic heterocycles. The van der Waals surface area contributed by atoms with Gasteiger partial charge in [0.1, 0.15) is 0 Å². The van der Waals surface area contributed by atoms with Crippen LogP contribution in [0.15, 0.2) is 53.7 Å². The molecule has 0 aliphatic carbocycles. The second kappa shape index (κ2) is 8.94. The van der Waals surface area contributed by atoms with Gasteiger partial charge in [-0.05, 0) is 29.7 Å². The molecule has 0 saturated heterocycles. The monoisotopic (exact) mass is 451 g/mol. The highest BCUT2D eigenvalue weighted by Gasteiger charge is 2.08. The van der Waals surface area contributed by atoms with Crippen LogP contribution in [-0.4, -0.2) is 41.1 Å². The number of aryl methyl sites for hydroxylation is 1. The van der Waals surface area contributed by atoms with Crippen LogP contribution in [0.1, 0.15) is 11.4 Å². The van der Waals surface area contributed by atoms with Crippen LogP contribution in [0.2, 0.25) is 0 Å². The maximum absolute atomic E-state index is 4.38. The molecule has 0 amide bonds. The number of H-pyrrole nitrogens is 1. The number of aliphatic imine (C=N–C) groups is 1. The van der Waals surface area contributed by atoms with E-state index < -0.39 is 0 Å². The van der Waals surface area contributed by atoms with E-state index in [2.05, 4.69) is 87.5 Å². The molecule has 0 atom stereocenters. The van der Waals surface area contributed by atoms with Gasteiger partial charge in [0.25, 0.3) is 0 Å². The van der Waals surface area contributed by atoms with Crippen LogP contribution < -0.4 is 5.32 Å². The van der Waals surface area contributed by atoms with E-state index in [-0.39, 0.29) is 24.0 Å². The van der Waals surface area contributed by atoms with Crippen molar-refractivity contribution in [3.8, 4) is 0 Å². The molecule has 0 unspecified atom stereocenters. The Morgan fingerprint density at radius 3 is 2.72 bits per heavy atom. The van der Waals surface area contributed by atoms with Gasteiger partial charge in [-0.1, -0.05) is 18.2 Å². The molecule has 1 aromatic carbocycles. The summed E-state index contributed by atoms with van der Waals surface area (Å²) in [7, 11) is 5.95. The molecule has 0 radical (unpaired) electrons. The molecular formula is C19H26IN5. The Balaban J connectivity index is 0.00000225. The summed E-state index contributed by atoms with van der Waals surface area (Å²) in [6.45, 7) is 1.67. The molecule has 2 N–H and O–H groups in total. The highest BCUT2D eigenvalue weighted by molar-refractivity contribution is 14.0. The predicted molar refractivity (Wildman–Crippen MR) is 116 cm³/mol. The molecular weight excluding hydrogens is 425 g/mol. The smallest absolute Gasteiger partial charge is 0.193 e. The normalized spacial score (nSPS) is 11.4. The summed E-state index contributed by atoms with van der Waals surface area (Å²) in [5.41, 5.74) is 3.69. The number of aromatic amines is 1. The van der Waals surface area contributed by atoms with E-state index in [1.165, 1.54) is 22.3 Å². The predicted octanol–water partition coefficient (Wildman–Crippen LogP) is 3.37. The van der Waals surface area contributed by atoms with Gasteiger partial charge in [-0.25, -0.2) is 0 Å². The Labute approximate surface area is 166 Å². The molecule has 0 bridgehead atoms. The van der Waals surface area contributed by atoms with Crippen molar-refractivity contribution in [3.63, 3.8) is 0 Å². The van der Waals surface area contributed by atoms with Gasteiger partial charge in [-0.15, -0.1) is 24.0 Å². The molecule has 3 aromatic rings. The second-order valence-electron chi connectivity index (χ2n) is 6.07. The van der Waals surface area contributed by atoms with Gasteiger partial charge in [0.15, 0.2) is 5.96 Å². The van der Waals surface area contributed by atoms with Gasteiger partial charge in [0.2, 0.25) is 0 Å². The number of halogens is 1. The van der Waals surface area contributed by atoms with Gasteiger partial charge in [0, 0.05) is 57.2 Å². The fourth-order valence-corrected chi connectivity index (χ4v) is 2.94. The summed E-state index contributed by atoms with van der Waals surface area (Å²) in [6.07, 6.45) is 3.00. The van der Waals surface area contributed by atoms with E-state index in [1.807, 2.05) is 7.05 Å². The molecule has 0 fully saturated rings. The number of nitrogens with zero attached hydrogens (tertiary/aromatic N) is 3. The molecule has 6 heteroatoms. The zero-order valence-electron chi connectivity index (χ0n) is 15.0. The Kier molecular flexibility index (Phi) is 6.92. The zero-order valence-corrected chi connectivity index (χ0v) is 17.3. The van der Waals surface area contributed by atoms with E-state index >= 15 is 0 Å². The van der Waals surface area contributed by atoms with Gasteiger partial charge in [-0.3, -0.25) is 4.99 Å². The van der Waals surface area contributed by atoms with Crippen molar-refractivity contribution in [2.75, 3.05) is 20.6 Å². The van der Waals surface area contributed by atoms with Crippen LogP contribution in [0.3, 0.4) is 0 Å². The van der Waals surface area contributed by atoms with Crippen LogP contribution in [0.5, 0.6) is 0 Å². The molecule has 0 spiro atoms. The summed E-state index contributed by atoms with van der Waals surface area (Å²) in [4.78, 5) is 9.99. The van der Waals surface area contributed by atoms with E-state index in [1.54, 1.807) is 0 Å². The molecule has 0 saturated carbocycles. The minimum atomic E-state index is 0. The first-order valence-corrected chi connectivity index (χ1v) is 8.26. The summed E-state index contributed by atoms with van der Waals surface area (Å²) in [5.74, 6) is 0.910. The lowest BCUT2D eigenvalue weighted by Crippen LogP contribution is -2.39. The standard InChI is InChI=1S/C19H25N5.HI/c1-20-19(24(3)14-17-8-6-12-23(17)2)21-11-10-16-13-15-7-4-5-9-18(15)22-16;/h4-9,12-13,22H,10-11,14H2,1-3H3,(H,20,21);1H. The average molecular weight is 451 g/mol. The number of hydrogen-bond acceptors (Lipinski definition) is 1. The SMILES string of the molecule is CN=C(NCCc1cc2ccccc2[nH]1)N(C)Cc1cccn1C.I. The Morgan fingerprint density at radius 1 is 1.24 bits per heavy atom. The lowest BCUT2D eigenvalue weighted by molar-refractivity contribution is 0.462. The molecule has 0 aliphatic heterocycles. The molecule has 2 heterocycles. The molecule has 0 aliphatic rings. The lowest BCUT2D eigenvalue weighted by Gasteiger charge is -2.22. The fourth-order valence-electron chi connectivity index (χ4n) is 2.94. The first-order valence-electron chi connectivity index (χ1n) is 8.26. The average Bonchev–Trinajstić information content (AvgIpc) is 3.17. The van der Waals surface area contributed by atoms with Crippen molar-refractivity contribution < 1.29 is 0 Å². The van der Waals surface area contributed by atoms with E-state index in [4.69, 9.17) is 0 Å². The summed E-state index contributed by atoms with van der Waals surface area (Å²) >= 11 is 0. The molecule has 134 valence electrons. The third-order valence-electron chi connectivity index (χ3n) is 4.29. The Hall–Kier alpha value is -1.96. The van der Waals surface area contributed by atoms with Crippen molar-refractivity contribution in [2.24, 2.45) is 12.0 Å². The number of guanidine groups is 1. The zero-order chi connectivity index (χ0) is 16.9. The maximum Gasteiger partial charge on any atom is 0.193 e. The van der Waals surface area contributed by atoms with E-state index in [0.717, 1.165) is 25.5 Å². The third-order valence-corrected chi connectivity index (χ3v) is 4.29. The van der Waals surface area contributed by atoms with E-state index in [9.17, 15) is 0 Å². The minimum Gasteiger partial charge on any atom is -0.358 e. The van der Waals surface area contributed by atoms with Crippen molar-refractivity contribution in [1.29, 1.82) is 0 Å². The summed E-state index contributed by atoms with van der Waals surface area (Å²) in [5, 5.41) is 4.70. The van der Waals surface area contributed by atoms with Gasteiger partial charge < -0.3 is 19.8 Å². The molecule has 3 rings (SSSR count). The summed E-state index contributed by atoms with van der Waals surface area (Å²) < 4.78 is 2.13. The minimum absolute atomic E-state index is 0. The second-order valence-corrected chi connectivity index (χ2v) is 6.07. The van der Waals surface area contributed by atoms with Crippen LogP contribution in [0.4, 0.5) is 0 Å². The largest absolute Gasteiger partial charge is 0.358 e. The number of aromatic nitrogens is 2. The van der Waals surface area contributed by atoms with Crippen molar-refractivity contribution in [1.82, 2.24) is 19.8 Å². The van der Waals surface area contributed by atoms with Crippen molar-refractivity contribution >= 4 is 40.8 Å². The molecule has 5 nitrogen and oxygen atoms in total. The third kappa shape index (κ3) is 4.78. The Bertz CT molecular complexity index is 800. The van der Waals surface area contributed by atoms with Gasteiger partial charge in [-0.2, -0.15) is 0 Å². The number of hydrogen-bond donors (Lipinski definition) is 2. The van der Waals surface area contributed by atoms with Crippen LogP contribution in [-0.2, 0) is 20.0 Å². The number of benzene rings is 1. The fraction of sp³-hybridized carbons (Fsp3) is 0.316. The highest BCUT2D eigenvalue weighted by Crippen LogP contribution is 2.14. The first kappa shape index (κ1) is 19.4. The van der Waals surface area contributed by atoms with Gasteiger partial charge in [0.05, 0.1) is 6.54 Å². The number of fused-ring (bicyclic) bond motifs is 1. The number of rotatable bonds is 5. The van der Waals surface area contributed by atoms with Crippen molar-refractivity contribution in [2.45, 2.75) is 13.0 Å². The molecule has 25 heavy (non-hydrogen) atoms. The topological polar surface area (TPSA) is 48.4 Å². The lowest BCUT2D eigenvalue weighted by atomic mass is 10.2. The summed E-state index contributed by atoms with van der Waals surface area (Å²) in [6, 6.07) is 14.8. The van der Waals surface area contributed by atoms with Gasteiger partial charge >= 0.3 is 0 Å². The van der Waals surface area contributed by atoms with E-state index in [0.29, 0.717) is 0 Å². The number of nitrogens with one attached hydrogen (secondary N) is 2. The van der Waals surface area contributed by atoms with Crippen LogP contribution >= 0.6 is 24.0 Å². The van der Waals surface area contributed by atoms with Crippen LogP contribution in [0.25, 0.3) is 10.9 Å². The first-order chi connectivity index (χ1) is 11.7. The quantitative estimate of drug-likeness (QED) is 0.355. The van der Waals surface area contributed by atoms with Crippen molar-refractivity contribution in [3.05, 3.63) is 60.0 Å². The van der Waals surface area contributed by atoms with Crippen LogP contribution in [0, 0.1) is 0 Å². The Morgan fingerprint density at radius 2 is 2.04 bits per heavy atom. The number of para-hydroxylation sites is 1. The highest BCUT2D eigenvalue weighted by atomic mass is 127.